The molecule has 19 heavy (non-hydrogen) atoms. The fourth-order valence-electron chi connectivity index (χ4n) is 1.86. The Morgan fingerprint density at radius 1 is 1.37 bits per heavy atom. The van der Waals surface area contributed by atoms with Crippen LogP contribution >= 0.6 is 15.9 Å². The van der Waals surface area contributed by atoms with Crippen molar-refractivity contribution in [1.82, 2.24) is 10.0 Å². The molecule has 2 rings (SSSR count). The highest BCUT2D eigenvalue weighted by Gasteiger charge is 2.29. The van der Waals surface area contributed by atoms with Gasteiger partial charge < -0.3 is 5.32 Å². The van der Waals surface area contributed by atoms with Crippen LogP contribution in [0.2, 0.25) is 0 Å². The molecule has 0 unspecified atom stereocenters. The van der Waals surface area contributed by atoms with Gasteiger partial charge in [0.2, 0.25) is 10.0 Å². The largest absolute Gasteiger partial charge is 0.313 e. The van der Waals surface area contributed by atoms with Crippen molar-refractivity contribution in [2.24, 2.45) is 0 Å². The predicted octanol–water partition coefficient (Wildman–Crippen LogP) is 2.31. The molecular weight excluding hydrogens is 328 g/mol. The van der Waals surface area contributed by atoms with Crippen molar-refractivity contribution in [3.8, 4) is 0 Å². The quantitative estimate of drug-likeness (QED) is 0.830. The minimum Gasteiger partial charge on any atom is -0.313 e. The molecular formula is C13H19BrN2O2S. The number of nitrogens with one attached hydrogen (secondary N) is 2. The fourth-order valence-corrected chi connectivity index (χ4v) is 4.23. The molecule has 0 bridgehead atoms. The molecule has 0 atom stereocenters. The Morgan fingerprint density at radius 2 is 2.05 bits per heavy atom. The van der Waals surface area contributed by atoms with Crippen LogP contribution in [-0.4, -0.2) is 21.0 Å². The third-order valence-electron chi connectivity index (χ3n) is 3.05. The Morgan fingerprint density at radius 3 is 2.63 bits per heavy atom. The van der Waals surface area contributed by atoms with Gasteiger partial charge in [0.05, 0.1) is 4.90 Å². The second kappa shape index (κ2) is 5.91. The molecule has 6 heteroatoms. The van der Waals surface area contributed by atoms with Crippen LogP contribution in [0.5, 0.6) is 0 Å². The second-order valence-corrected chi connectivity index (χ2v) is 7.38. The molecule has 0 saturated heterocycles. The van der Waals surface area contributed by atoms with E-state index in [1.54, 1.807) is 6.07 Å². The van der Waals surface area contributed by atoms with Gasteiger partial charge in [0, 0.05) is 17.1 Å². The first-order chi connectivity index (χ1) is 8.94. The standard InChI is InChI=1S/C13H19BrN2O2S/c1-3-15-8-10-6-9(2)13(14)12(7-10)19(17,18)16-11-4-5-11/h6-7,11,15-16H,3-5,8H2,1-2H3. The third-order valence-corrected chi connectivity index (χ3v) is 5.91. The van der Waals surface area contributed by atoms with E-state index in [-0.39, 0.29) is 6.04 Å². The molecule has 1 saturated carbocycles. The summed E-state index contributed by atoms with van der Waals surface area (Å²) in [7, 11) is -3.42. The van der Waals surface area contributed by atoms with Crippen molar-refractivity contribution in [2.45, 2.75) is 44.2 Å². The summed E-state index contributed by atoms with van der Waals surface area (Å²) < 4.78 is 28.0. The van der Waals surface area contributed by atoms with Gasteiger partial charge in [0.25, 0.3) is 0 Å². The average Bonchev–Trinajstić information content (AvgIpc) is 3.13. The zero-order valence-electron chi connectivity index (χ0n) is 11.2. The molecule has 1 fully saturated rings. The van der Waals surface area contributed by atoms with E-state index in [1.807, 2.05) is 19.9 Å². The van der Waals surface area contributed by atoms with Crippen molar-refractivity contribution in [1.29, 1.82) is 0 Å². The first kappa shape index (κ1) is 15.0. The highest BCUT2D eigenvalue weighted by molar-refractivity contribution is 9.10. The van der Waals surface area contributed by atoms with Gasteiger partial charge in [0.1, 0.15) is 0 Å². The Balaban J connectivity index is 2.34. The van der Waals surface area contributed by atoms with Crippen LogP contribution in [0.25, 0.3) is 0 Å². The molecule has 106 valence electrons. The normalized spacial score (nSPS) is 15.7. The van der Waals surface area contributed by atoms with E-state index in [0.29, 0.717) is 15.9 Å². The molecule has 0 spiro atoms. The minimum atomic E-state index is -3.42. The van der Waals surface area contributed by atoms with Crippen molar-refractivity contribution < 1.29 is 8.42 Å². The van der Waals surface area contributed by atoms with Gasteiger partial charge in [-0.1, -0.05) is 13.0 Å². The van der Waals surface area contributed by atoms with Crippen LogP contribution in [0, 0.1) is 6.92 Å². The molecule has 0 heterocycles. The topological polar surface area (TPSA) is 58.2 Å². The number of sulfonamides is 1. The monoisotopic (exact) mass is 346 g/mol. The smallest absolute Gasteiger partial charge is 0.241 e. The lowest BCUT2D eigenvalue weighted by molar-refractivity contribution is 0.580. The van der Waals surface area contributed by atoms with Crippen LogP contribution in [-0.2, 0) is 16.6 Å². The van der Waals surface area contributed by atoms with E-state index in [4.69, 9.17) is 0 Å². The van der Waals surface area contributed by atoms with Gasteiger partial charge in [-0.05, 0) is 59.4 Å². The van der Waals surface area contributed by atoms with Gasteiger partial charge in [-0.25, -0.2) is 13.1 Å². The second-order valence-electron chi connectivity index (χ2n) is 4.90. The fraction of sp³-hybridized carbons (Fsp3) is 0.538. The lowest BCUT2D eigenvalue weighted by Gasteiger charge is -2.12. The summed E-state index contributed by atoms with van der Waals surface area (Å²) in [5.41, 5.74) is 1.92. The van der Waals surface area contributed by atoms with E-state index in [9.17, 15) is 8.42 Å². The van der Waals surface area contributed by atoms with Gasteiger partial charge in [-0.3, -0.25) is 0 Å². The molecule has 1 aromatic rings. The van der Waals surface area contributed by atoms with Crippen molar-refractivity contribution in [2.75, 3.05) is 6.54 Å². The summed E-state index contributed by atoms with van der Waals surface area (Å²) in [5.74, 6) is 0. The summed E-state index contributed by atoms with van der Waals surface area (Å²) >= 11 is 3.39. The Labute approximate surface area is 123 Å². The van der Waals surface area contributed by atoms with E-state index in [2.05, 4.69) is 26.0 Å². The van der Waals surface area contributed by atoms with Crippen LogP contribution in [0.3, 0.4) is 0 Å². The zero-order chi connectivity index (χ0) is 14.0. The number of hydrogen-bond acceptors (Lipinski definition) is 3. The summed E-state index contributed by atoms with van der Waals surface area (Å²) in [4.78, 5) is 0.340. The van der Waals surface area contributed by atoms with Crippen molar-refractivity contribution in [3.05, 3.63) is 27.7 Å². The first-order valence-electron chi connectivity index (χ1n) is 6.46. The lowest BCUT2D eigenvalue weighted by atomic mass is 10.1. The maximum atomic E-state index is 12.3. The molecule has 4 nitrogen and oxygen atoms in total. The van der Waals surface area contributed by atoms with E-state index in [1.165, 1.54) is 0 Å². The molecule has 2 N–H and O–H groups in total. The third kappa shape index (κ3) is 3.78. The van der Waals surface area contributed by atoms with Crippen LogP contribution < -0.4 is 10.0 Å². The highest BCUT2D eigenvalue weighted by atomic mass is 79.9. The maximum absolute atomic E-state index is 12.3. The number of halogens is 1. The predicted molar refractivity (Wildman–Crippen MR) is 79.6 cm³/mol. The molecule has 0 aliphatic heterocycles. The Bertz CT molecular complexity index is 568. The summed E-state index contributed by atoms with van der Waals surface area (Å²) in [6, 6.07) is 3.86. The SMILES string of the molecule is CCNCc1cc(C)c(Br)c(S(=O)(=O)NC2CC2)c1. The number of benzene rings is 1. The summed E-state index contributed by atoms with van der Waals surface area (Å²) in [6.45, 7) is 5.47. The van der Waals surface area contributed by atoms with Gasteiger partial charge in [0.15, 0.2) is 0 Å². The van der Waals surface area contributed by atoms with Crippen LogP contribution in [0.4, 0.5) is 0 Å². The maximum Gasteiger partial charge on any atom is 0.241 e. The molecule has 1 aliphatic carbocycles. The molecule has 1 aromatic carbocycles. The van der Waals surface area contributed by atoms with Crippen LogP contribution in [0.15, 0.2) is 21.5 Å². The van der Waals surface area contributed by atoms with Crippen molar-refractivity contribution in [3.63, 3.8) is 0 Å². The number of rotatable bonds is 6. The lowest BCUT2D eigenvalue weighted by Crippen LogP contribution is -2.26. The minimum absolute atomic E-state index is 0.120. The van der Waals surface area contributed by atoms with E-state index in [0.717, 1.165) is 30.5 Å². The van der Waals surface area contributed by atoms with Crippen LogP contribution in [0.1, 0.15) is 30.9 Å². The van der Waals surface area contributed by atoms with E-state index >= 15 is 0 Å². The number of hydrogen-bond donors (Lipinski definition) is 2. The summed E-state index contributed by atoms with van der Waals surface area (Å²) in [5, 5.41) is 3.21. The highest BCUT2D eigenvalue weighted by Crippen LogP contribution is 2.29. The molecule has 0 radical (unpaired) electrons. The Kier molecular flexibility index (Phi) is 4.66. The van der Waals surface area contributed by atoms with Crippen molar-refractivity contribution >= 4 is 26.0 Å². The molecule has 1 aliphatic rings. The van der Waals surface area contributed by atoms with Gasteiger partial charge >= 0.3 is 0 Å². The average molecular weight is 347 g/mol. The molecule has 0 amide bonds. The van der Waals surface area contributed by atoms with E-state index < -0.39 is 10.0 Å². The molecule has 0 aromatic heterocycles. The zero-order valence-corrected chi connectivity index (χ0v) is 13.6. The summed E-state index contributed by atoms with van der Waals surface area (Å²) in [6.07, 6.45) is 1.87. The van der Waals surface area contributed by atoms with Gasteiger partial charge in [-0.15, -0.1) is 0 Å². The van der Waals surface area contributed by atoms with Gasteiger partial charge in [-0.2, -0.15) is 0 Å². The first-order valence-corrected chi connectivity index (χ1v) is 8.73. The number of aryl methyl sites for hydroxylation is 1. The Hall–Kier alpha value is -0.430.